The van der Waals surface area contributed by atoms with Crippen LogP contribution in [0.4, 0.5) is 5.82 Å². The first-order valence-corrected chi connectivity index (χ1v) is 10.9. The lowest BCUT2D eigenvalue weighted by Gasteiger charge is -2.18. The average molecular weight is 460 g/mol. The number of hydrogen-bond donors (Lipinski definition) is 1. The van der Waals surface area contributed by atoms with Gasteiger partial charge in [-0.05, 0) is 51.1 Å². The molecule has 34 heavy (non-hydrogen) atoms. The number of benzene rings is 1. The van der Waals surface area contributed by atoms with Crippen molar-refractivity contribution >= 4 is 17.4 Å². The van der Waals surface area contributed by atoms with E-state index in [-0.39, 0.29) is 12.0 Å². The Balaban J connectivity index is 1.44. The molecule has 1 saturated heterocycles. The van der Waals surface area contributed by atoms with Gasteiger partial charge in [0, 0.05) is 11.8 Å². The standard InChI is InChI=1S/C24H24N6O4/c1-15-22(23(31)28-20-10-11-25-14-26-20)30-21(27-15)9-8-18(29-30)17-6-4-5-7-19(17)32-12-16-13-33-24(2,3)34-16/h4-11,14,16H,12-13H2,1-3H3,(H,25,26,28,31)/t16-/m0/s1. The van der Waals surface area contributed by atoms with E-state index in [0.717, 1.165) is 5.56 Å². The van der Waals surface area contributed by atoms with E-state index in [1.807, 2.05) is 50.2 Å². The van der Waals surface area contributed by atoms with Crippen LogP contribution in [0.2, 0.25) is 0 Å². The van der Waals surface area contributed by atoms with Crippen molar-refractivity contribution in [2.75, 3.05) is 18.5 Å². The van der Waals surface area contributed by atoms with Gasteiger partial charge < -0.3 is 19.5 Å². The van der Waals surface area contributed by atoms with E-state index < -0.39 is 5.79 Å². The molecule has 1 aliphatic heterocycles. The summed E-state index contributed by atoms with van der Waals surface area (Å²) in [6.45, 7) is 6.35. The molecule has 0 bridgehead atoms. The molecule has 0 aliphatic carbocycles. The average Bonchev–Trinajstić information content (AvgIpc) is 3.35. The SMILES string of the molecule is Cc1nc2ccc(-c3ccccc3OC[C@H]3COC(C)(C)O3)nn2c1C(=O)Nc1ccncn1. The number of carbonyl (C=O) groups is 1. The lowest BCUT2D eigenvalue weighted by molar-refractivity contribution is -0.141. The zero-order chi connectivity index (χ0) is 23.7. The summed E-state index contributed by atoms with van der Waals surface area (Å²) < 4.78 is 19.1. The second kappa shape index (κ2) is 8.81. The van der Waals surface area contributed by atoms with Crippen LogP contribution >= 0.6 is 0 Å². The minimum Gasteiger partial charge on any atom is -0.490 e. The number of amides is 1. The Hall–Kier alpha value is -3.89. The van der Waals surface area contributed by atoms with E-state index in [2.05, 4.69) is 20.3 Å². The van der Waals surface area contributed by atoms with Crippen LogP contribution in [0.25, 0.3) is 16.9 Å². The van der Waals surface area contributed by atoms with E-state index in [0.29, 0.717) is 47.5 Å². The number of nitrogens with one attached hydrogen (secondary N) is 1. The Kier molecular flexibility index (Phi) is 5.68. The number of anilines is 1. The minimum absolute atomic E-state index is 0.160. The van der Waals surface area contributed by atoms with Crippen LogP contribution in [0.1, 0.15) is 30.0 Å². The molecule has 1 aromatic carbocycles. The molecule has 0 unspecified atom stereocenters. The fraction of sp³-hybridized carbons (Fsp3) is 0.292. The van der Waals surface area contributed by atoms with E-state index in [1.165, 1.54) is 10.8 Å². The topological polar surface area (TPSA) is 113 Å². The summed E-state index contributed by atoms with van der Waals surface area (Å²) in [5, 5.41) is 7.48. The van der Waals surface area contributed by atoms with Crippen molar-refractivity contribution in [1.82, 2.24) is 24.6 Å². The highest BCUT2D eigenvalue weighted by atomic mass is 16.7. The quantitative estimate of drug-likeness (QED) is 0.466. The Morgan fingerprint density at radius 3 is 2.85 bits per heavy atom. The molecule has 0 spiro atoms. The van der Waals surface area contributed by atoms with Crippen LogP contribution in [-0.2, 0) is 9.47 Å². The third-order valence-electron chi connectivity index (χ3n) is 5.35. The Labute approximate surface area is 195 Å². The van der Waals surface area contributed by atoms with Gasteiger partial charge in [0.15, 0.2) is 17.1 Å². The normalized spacial score (nSPS) is 17.1. The summed E-state index contributed by atoms with van der Waals surface area (Å²) >= 11 is 0. The third-order valence-corrected chi connectivity index (χ3v) is 5.35. The van der Waals surface area contributed by atoms with E-state index in [1.54, 1.807) is 19.2 Å². The molecule has 1 atom stereocenters. The first kappa shape index (κ1) is 21.9. The van der Waals surface area contributed by atoms with Crippen molar-refractivity contribution in [2.45, 2.75) is 32.7 Å². The summed E-state index contributed by atoms with van der Waals surface area (Å²) in [6.07, 6.45) is 2.77. The first-order chi connectivity index (χ1) is 16.4. The van der Waals surface area contributed by atoms with Gasteiger partial charge in [0.25, 0.3) is 5.91 Å². The predicted molar refractivity (Wildman–Crippen MR) is 124 cm³/mol. The number of rotatable bonds is 6. The Bertz CT molecular complexity index is 1340. The van der Waals surface area contributed by atoms with E-state index in [9.17, 15) is 4.79 Å². The van der Waals surface area contributed by atoms with Crippen LogP contribution in [0, 0.1) is 6.92 Å². The van der Waals surface area contributed by atoms with Gasteiger partial charge in [-0.15, -0.1) is 0 Å². The number of hydrogen-bond acceptors (Lipinski definition) is 8. The molecule has 5 rings (SSSR count). The number of fused-ring (bicyclic) bond motifs is 1. The van der Waals surface area contributed by atoms with Crippen LogP contribution in [-0.4, -0.2) is 55.6 Å². The van der Waals surface area contributed by atoms with Gasteiger partial charge in [0.1, 0.15) is 30.6 Å². The monoisotopic (exact) mass is 460 g/mol. The summed E-state index contributed by atoms with van der Waals surface area (Å²) in [5.74, 6) is 0.0817. The summed E-state index contributed by atoms with van der Waals surface area (Å²) in [6, 6.07) is 12.9. The number of imidazole rings is 1. The van der Waals surface area contributed by atoms with Gasteiger partial charge >= 0.3 is 0 Å². The molecule has 1 amide bonds. The first-order valence-electron chi connectivity index (χ1n) is 10.9. The molecule has 1 fully saturated rings. The van der Waals surface area contributed by atoms with Crippen LogP contribution in [0.5, 0.6) is 5.75 Å². The van der Waals surface area contributed by atoms with E-state index >= 15 is 0 Å². The van der Waals surface area contributed by atoms with Gasteiger partial charge in [0.2, 0.25) is 0 Å². The molecular formula is C24H24N6O4. The Morgan fingerprint density at radius 2 is 2.09 bits per heavy atom. The van der Waals surface area contributed by atoms with Gasteiger partial charge in [0.05, 0.1) is 18.0 Å². The maximum absolute atomic E-state index is 13.0. The number of aromatic nitrogens is 5. The Morgan fingerprint density at radius 1 is 1.24 bits per heavy atom. The highest BCUT2D eigenvalue weighted by Crippen LogP contribution is 2.30. The lowest BCUT2D eigenvalue weighted by Crippen LogP contribution is -2.25. The number of aryl methyl sites for hydroxylation is 1. The maximum Gasteiger partial charge on any atom is 0.277 e. The zero-order valence-electron chi connectivity index (χ0n) is 19.1. The van der Waals surface area contributed by atoms with Crippen LogP contribution in [0.15, 0.2) is 55.0 Å². The molecule has 174 valence electrons. The van der Waals surface area contributed by atoms with Crippen LogP contribution < -0.4 is 10.1 Å². The molecule has 0 radical (unpaired) electrons. The largest absolute Gasteiger partial charge is 0.490 e. The van der Waals surface area contributed by atoms with Crippen molar-refractivity contribution in [3.05, 3.63) is 66.4 Å². The molecule has 3 aromatic heterocycles. The molecule has 10 nitrogen and oxygen atoms in total. The summed E-state index contributed by atoms with van der Waals surface area (Å²) in [5.41, 5.74) is 2.87. The molecule has 4 aromatic rings. The van der Waals surface area contributed by atoms with E-state index in [4.69, 9.17) is 19.3 Å². The molecular weight excluding hydrogens is 436 g/mol. The summed E-state index contributed by atoms with van der Waals surface area (Å²) in [7, 11) is 0. The second-order valence-electron chi connectivity index (χ2n) is 8.34. The highest BCUT2D eigenvalue weighted by molar-refractivity contribution is 6.03. The van der Waals surface area contributed by atoms with Gasteiger partial charge in [-0.25, -0.2) is 19.5 Å². The molecule has 10 heteroatoms. The van der Waals surface area contributed by atoms with Crippen molar-refractivity contribution in [3.63, 3.8) is 0 Å². The van der Waals surface area contributed by atoms with Gasteiger partial charge in [-0.3, -0.25) is 4.79 Å². The number of para-hydroxylation sites is 1. The van der Waals surface area contributed by atoms with Crippen molar-refractivity contribution < 1.29 is 19.0 Å². The van der Waals surface area contributed by atoms with Crippen molar-refractivity contribution in [2.24, 2.45) is 0 Å². The summed E-state index contributed by atoms with van der Waals surface area (Å²) in [4.78, 5) is 25.4. The number of ether oxygens (including phenoxy) is 3. The highest BCUT2D eigenvalue weighted by Gasteiger charge is 2.33. The fourth-order valence-electron chi connectivity index (χ4n) is 3.82. The molecule has 0 saturated carbocycles. The van der Waals surface area contributed by atoms with Gasteiger partial charge in [-0.2, -0.15) is 5.10 Å². The van der Waals surface area contributed by atoms with Crippen molar-refractivity contribution in [3.8, 4) is 17.0 Å². The molecule has 1 N–H and O–H groups in total. The predicted octanol–water partition coefficient (Wildman–Crippen LogP) is 3.28. The zero-order valence-corrected chi connectivity index (χ0v) is 19.1. The molecule has 4 heterocycles. The van der Waals surface area contributed by atoms with Gasteiger partial charge in [-0.1, -0.05) is 12.1 Å². The number of carbonyl (C=O) groups excluding carboxylic acids is 1. The lowest BCUT2D eigenvalue weighted by atomic mass is 10.1. The van der Waals surface area contributed by atoms with Crippen molar-refractivity contribution in [1.29, 1.82) is 0 Å². The fourth-order valence-corrected chi connectivity index (χ4v) is 3.82. The smallest absolute Gasteiger partial charge is 0.277 e. The maximum atomic E-state index is 13.0. The minimum atomic E-state index is -0.609. The molecule has 1 aliphatic rings. The van der Waals surface area contributed by atoms with Crippen LogP contribution in [0.3, 0.4) is 0 Å². The second-order valence-corrected chi connectivity index (χ2v) is 8.34. The third kappa shape index (κ3) is 4.45. The number of nitrogens with zero attached hydrogens (tertiary/aromatic N) is 5.